The molecular formula is C24H31N3O5S2. The molecule has 1 aromatic heterocycles. The molecule has 10 heteroatoms. The molecule has 2 aliphatic heterocycles. The smallest absolute Gasteiger partial charge is 0.273 e. The summed E-state index contributed by atoms with van der Waals surface area (Å²) in [6.45, 7) is 5.33. The number of thiazole rings is 1. The first-order valence-electron chi connectivity index (χ1n) is 11.5. The van der Waals surface area contributed by atoms with Crippen molar-refractivity contribution >= 4 is 33.0 Å². The minimum Gasteiger partial charge on any atom is -0.484 e. The molecule has 8 nitrogen and oxygen atoms in total. The molecule has 0 aliphatic carbocycles. The molecule has 0 bridgehead atoms. The molecule has 4 rings (SSSR count). The summed E-state index contributed by atoms with van der Waals surface area (Å²) < 4.78 is 29.2. The van der Waals surface area contributed by atoms with Crippen LogP contribution in [0.5, 0.6) is 5.75 Å². The van der Waals surface area contributed by atoms with Crippen molar-refractivity contribution in [2.24, 2.45) is 0 Å². The van der Waals surface area contributed by atoms with Crippen LogP contribution in [0.4, 0.5) is 0 Å². The lowest BCUT2D eigenvalue weighted by Gasteiger charge is -2.31. The molecular weight excluding hydrogens is 474 g/mol. The molecule has 3 heterocycles. The number of amides is 2. The third-order valence-electron chi connectivity index (χ3n) is 6.86. The average molecular weight is 506 g/mol. The van der Waals surface area contributed by atoms with Crippen molar-refractivity contribution in [1.82, 2.24) is 14.8 Å². The molecule has 2 saturated heterocycles. The number of aromatic nitrogens is 1. The summed E-state index contributed by atoms with van der Waals surface area (Å²) in [5.74, 6) is 0.789. The van der Waals surface area contributed by atoms with Gasteiger partial charge in [0.05, 0.1) is 16.5 Å². The Kier molecular flexibility index (Phi) is 7.28. The Morgan fingerprint density at radius 1 is 1.18 bits per heavy atom. The van der Waals surface area contributed by atoms with Crippen LogP contribution in [0.15, 0.2) is 23.6 Å². The molecule has 0 saturated carbocycles. The number of ether oxygens (including phenoxy) is 1. The van der Waals surface area contributed by atoms with Gasteiger partial charge in [0.25, 0.3) is 11.8 Å². The molecule has 34 heavy (non-hydrogen) atoms. The summed E-state index contributed by atoms with van der Waals surface area (Å²) in [6, 6.07) is 5.52. The van der Waals surface area contributed by atoms with Gasteiger partial charge in [-0.2, -0.15) is 0 Å². The maximum Gasteiger partial charge on any atom is 0.273 e. The average Bonchev–Trinajstić information content (AvgIpc) is 3.45. The Hall–Kier alpha value is -2.46. The largest absolute Gasteiger partial charge is 0.484 e. The Labute approximate surface area is 204 Å². The highest BCUT2D eigenvalue weighted by Crippen LogP contribution is 2.31. The molecule has 2 amide bonds. The second kappa shape index (κ2) is 10.0. The van der Waals surface area contributed by atoms with Gasteiger partial charge in [0.1, 0.15) is 11.4 Å². The van der Waals surface area contributed by atoms with Crippen LogP contribution in [0.1, 0.15) is 51.8 Å². The van der Waals surface area contributed by atoms with E-state index in [0.717, 1.165) is 23.4 Å². The fraction of sp³-hybridized carbons (Fsp3) is 0.542. The fourth-order valence-electron chi connectivity index (χ4n) is 4.42. The number of carbonyl (C=O) groups excluding carboxylic acids is 2. The normalized spacial score (nSPS) is 20.3. The molecule has 1 unspecified atom stereocenters. The first-order chi connectivity index (χ1) is 16.1. The summed E-state index contributed by atoms with van der Waals surface area (Å²) >= 11 is 1.46. The summed E-state index contributed by atoms with van der Waals surface area (Å²) in [4.78, 5) is 33.3. The first kappa shape index (κ1) is 24.7. The predicted octanol–water partition coefficient (Wildman–Crippen LogP) is 2.80. The van der Waals surface area contributed by atoms with Gasteiger partial charge in [0.15, 0.2) is 16.4 Å². The van der Waals surface area contributed by atoms with Crippen molar-refractivity contribution in [3.63, 3.8) is 0 Å². The van der Waals surface area contributed by atoms with Crippen molar-refractivity contribution in [3.8, 4) is 5.75 Å². The summed E-state index contributed by atoms with van der Waals surface area (Å²) in [5.41, 5.74) is 2.68. The minimum atomic E-state index is -3.06. The number of piperidine rings is 1. The number of carbonyl (C=O) groups is 2. The monoisotopic (exact) mass is 505 g/mol. The van der Waals surface area contributed by atoms with Gasteiger partial charge in [-0.25, -0.2) is 13.4 Å². The first-order valence-corrected chi connectivity index (χ1v) is 14.2. The van der Waals surface area contributed by atoms with Crippen molar-refractivity contribution in [3.05, 3.63) is 45.4 Å². The van der Waals surface area contributed by atoms with Crippen LogP contribution in [0.25, 0.3) is 0 Å². The standard InChI is InChI=1S/C24H31N3O5S2/c1-16-4-5-20(12-17(16)2)32-13-22(28)27-9-6-18(7-10-27)23-25-21(14-33-23)24(29)26(3)19-8-11-34(30,31)15-19/h4-5,12,14,18-19H,6-11,13,15H2,1-3H3. The van der Waals surface area contributed by atoms with Crippen LogP contribution in [0, 0.1) is 13.8 Å². The van der Waals surface area contributed by atoms with Crippen LogP contribution in [0.3, 0.4) is 0 Å². The predicted molar refractivity (Wildman–Crippen MR) is 131 cm³/mol. The van der Waals surface area contributed by atoms with Gasteiger partial charge in [-0.15, -0.1) is 11.3 Å². The lowest BCUT2D eigenvalue weighted by atomic mass is 9.97. The number of hydrogen-bond acceptors (Lipinski definition) is 7. The van der Waals surface area contributed by atoms with E-state index in [1.165, 1.54) is 21.8 Å². The van der Waals surface area contributed by atoms with Crippen LogP contribution in [0.2, 0.25) is 0 Å². The fourth-order valence-corrected chi connectivity index (χ4v) is 7.16. The third-order valence-corrected chi connectivity index (χ3v) is 9.61. The number of benzene rings is 1. The third kappa shape index (κ3) is 5.60. The van der Waals surface area contributed by atoms with Gasteiger partial charge in [-0.05, 0) is 56.4 Å². The number of aryl methyl sites for hydroxylation is 2. The highest BCUT2D eigenvalue weighted by molar-refractivity contribution is 7.91. The minimum absolute atomic E-state index is 0.0198. The topological polar surface area (TPSA) is 96.9 Å². The molecule has 2 aromatic rings. The maximum absolute atomic E-state index is 12.8. The number of rotatable bonds is 6. The zero-order valence-electron chi connectivity index (χ0n) is 19.8. The Balaban J connectivity index is 1.27. The second-order valence-electron chi connectivity index (χ2n) is 9.23. The highest BCUT2D eigenvalue weighted by atomic mass is 32.2. The number of nitrogens with zero attached hydrogens (tertiary/aromatic N) is 3. The quantitative estimate of drug-likeness (QED) is 0.599. The van der Waals surface area contributed by atoms with E-state index in [9.17, 15) is 18.0 Å². The molecule has 2 aliphatic rings. The number of likely N-dealkylation sites (tertiary alicyclic amines) is 1. The van der Waals surface area contributed by atoms with Crippen LogP contribution < -0.4 is 4.74 Å². The summed E-state index contributed by atoms with van der Waals surface area (Å²) in [6.07, 6.45) is 2.04. The lowest BCUT2D eigenvalue weighted by molar-refractivity contribution is -0.134. The SMILES string of the molecule is Cc1ccc(OCC(=O)N2CCC(c3nc(C(=O)N(C)C4CCS(=O)(=O)C4)cs3)CC2)cc1C. The van der Waals surface area contributed by atoms with Crippen molar-refractivity contribution in [1.29, 1.82) is 0 Å². The van der Waals surface area contributed by atoms with Gasteiger partial charge in [-0.3, -0.25) is 9.59 Å². The summed E-state index contributed by atoms with van der Waals surface area (Å²) in [5, 5.41) is 2.65. The highest BCUT2D eigenvalue weighted by Gasteiger charge is 2.34. The van der Waals surface area contributed by atoms with E-state index >= 15 is 0 Å². The van der Waals surface area contributed by atoms with E-state index in [0.29, 0.717) is 31.0 Å². The molecule has 0 N–H and O–H groups in total. The van der Waals surface area contributed by atoms with Crippen LogP contribution in [-0.4, -0.2) is 79.3 Å². The molecule has 0 spiro atoms. The van der Waals surface area contributed by atoms with Gasteiger partial charge in [-0.1, -0.05) is 6.07 Å². The Bertz CT molecular complexity index is 1170. The van der Waals surface area contributed by atoms with E-state index in [-0.39, 0.29) is 41.9 Å². The zero-order valence-corrected chi connectivity index (χ0v) is 21.5. The van der Waals surface area contributed by atoms with Gasteiger partial charge in [0, 0.05) is 37.5 Å². The van der Waals surface area contributed by atoms with Gasteiger partial charge >= 0.3 is 0 Å². The van der Waals surface area contributed by atoms with Crippen molar-refractivity contribution < 1.29 is 22.7 Å². The zero-order chi connectivity index (χ0) is 24.5. The van der Waals surface area contributed by atoms with Gasteiger partial charge < -0.3 is 14.5 Å². The molecule has 0 radical (unpaired) electrons. The van der Waals surface area contributed by atoms with Crippen molar-refractivity contribution in [2.45, 2.75) is 45.1 Å². The molecule has 1 aromatic carbocycles. The van der Waals surface area contributed by atoms with Crippen LogP contribution >= 0.6 is 11.3 Å². The second-order valence-corrected chi connectivity index (χ2v) is 12.4. The van der Waals surface area contributed by atoms with E-state index in [4.69, 9.17) is 4.74 Å². The van der Waals surface area contributed by atoms with Crippen LogP contribution in [-0.2, 0) is 14.6 Å². The molecule has 2 fully saturated rings. The summed E-state index contributed by atoms with van der Waals surface area (Å²) in [7, 11) is -1.41. The van der Waals surface area contributed by atoms with Gasteiger partial charge in [0.2, 0.25) is 0 Å². The number of hydrogen-bond donors (Lipinski definition) is 0. The molecule has 184 valence electrons. The molecule has 1 atom stereocenters. The number of sulfone groups is 1. The van der Waals surface area contributed by atoms with E-state index in [2.05, 4.69) is 4.98 Å². The van der Waals surface area contributed by atoms with E-state index < -0.39 is 9.84 Å². The lowest BCUT2D eigenvalue weighted by Crippen LogP contribution is -2.40. The van der Waals surface area contributed by atoms with Crippen molar-refractivity contribution in [2.75, 3.05) is 38.2 Å². The Morgan fingerprint density at radius 2 is 1.91 bits per heavy atom. The van der Waals surface area contributed by atoms with E-state index in [1.807, 2.05) is 36.9 Å². The maximum atomic E-state index is 12.8. The Morgan fingerprint density at radius 3 is 2.56 bits per heavy atom. The van der Waals surface area contributed by atoms with E-state index in [1.54, 1.807) is 12.4 Å².